The highest BCUT2D eigenvalue weighted by Gasteiger charge is 2.42. The number of carbonyl (C=O) groups excluding carboxylic acids is 1. The lowest BCUT2D eigenvalue weighted by Gasteiger charge is -2.39. The molecular formula is C16H23NO2. The summed E-state index contributed by atoms with van der Waals surface area (Å²) >= 11 is 0. The lowest BCUT2D eigenvalue weighted by molar-refractivity contribution is -0.129. The fourth-order valence-corrected chi connectivity index (χ4v) is 2.87. The monoisotopic (exact) mass is 261 g/mol. The molecule has 0 amide bonds. The van der Waals surface area contributed by atoms with Crippen molar-refractivity contribution in [2.24, 2.45) is 0 Å². The van der Waals surface area contributed by atoms with Gasteiger partial charge in [0, 0.05) is 0 Å². The smallest absolute Gasteiger partial charge is 0.160 e. The van der Waals surface area contributed by atoms with Crippen molar-refractivity contribution in [3.8, 4) is 5.75 Å². The number of carbonyl (C=O) groups is 1. The van der Waals surface area contributed by atoms with Gasteiger partial charge in [-0.1, -0.05) is 13.0 Å². The first-order valence-electron chi connectivity index (χ1n) is 6.83. The minimum absolute atomic E-state index is 0.0131. The number of Topliss-reactive ketones (excluding diaryl/α,β-unsaturated/α-hetero) is 1. The van der Waals surface area contributed by atoms with E-state index in [1.807, 2.05) is 33.0 Å². The number of rotatable bonds is 3. The Morgan fingerprint density at radius 3 is 2.68 bits per heavy atom. The van der Waals surface area contributed by atoms with Crippen molar-refractivity contribution in [3.05, 3.63) is 29.3 Å². The second kappa shape index (κ2) is 4.97. The molecule has 3 heteroatoms. The maximum Gasteiger partial charge on any atom is 0.160 e. The molecule has 0 saturated carbocycles. The highest BCUT2D eigenvalue weighted by atomic mass is 16.5. The molecule has 1 aromatic rings. The number of ketones is 1. The van der Waals surface area contributed by atoms with Gasteiger partial charge < -0.3 is 4.74 Å². The minimum Gasteiger partial charge on any atom is -0.497 e. The third-order valence-electron chi connectivity index (χ3n) is 4.35. The molecule has 0 aromatic heterocycles. The lowest BCUT2D eigenvalue weighted by atomic mass is 9.69. The molecule has 0 spiro atoms. The van der Waals surface area contributed by atoms with E-state index in [9.17, 15) is 4.79 Å². The zero-order valence-electron chi connectivity index (χ0n) is 12.5. The van der Waals surface area contributed by atoms with Crippen LogP contribution in [-0.2, 0) is 16.6 Å². The van der Waals surface area contributed by atoms with E-state index in [-0.39, 0.29) is 6.04 Å². The molecule has 1 aliphatic rings. The van der Waals surface area contributed by atoms with Crippen LogP contribution >= 0.6 is 0 Å². The Labute approximate surface area is 115 Å². The van der Waals surface area contributed by atoms with Gasteiger partial charge >= 0.3 is 0 Å². The summed E-state index contributed by atoms with van der Waals surface area (Å²) in [7, 11) is 3.68. The minimum atomic E-state index is -0.448. The van der Waals surface area contributed by atoms with E-state index in [2.05, 4.69) is 17.9 Å². The van der Waals surface area contributed by atoms with Crippen molar-refractivity contribution in [1.29, 1.82) is 0 Å². The van der Waals surface area contributed by atoms with Gasteiger partial charge in [-0.25, -0.2) is 0 Å². The van der Waals surface area contributed by atoms with Crippen LogP contribution in [0.4, 0.5) is 0 Å². The van der Waals surface area contributed by atoms with Crippen LogP contribution in [0.5, 0.6) is 5.75 Å². The first-order chi connectivity index (χ1) is 8.91. The number of fused-ring (bicyclic) bond motifs is 1. The Balaban J connectivity index is 2.48. The number of ether oxygens (including phenoxy) is 1. The zero-order chi connectivity index (χ0) is 14.2. The second-order valence-electron chi connectivity index (χ2n) is 5.81. The molecule has 0 aliphatic heterocycles. The van der Waals surface area contributed by atoms with Gasteiger partial charge in [-0.15, -0.1) is 0 Å². The van der Waals surface area contributed by atoms with E-state index in [1.54, 1.807) is 7.11 Å². The van der Waals surface area contributed by atoms with Gasteiger partial charge in [-0.3, -0.25) is 9.69 Å². The fraction of sp³-hybridized carbons (Fsp3) is 0.562. The molecule has 1 atom stereocenters. The van der Waals surface area contributed by atoms with Crippen LogP contribution < -0.4 is 4.74 Å². The summed E-state index contributed by atoms with van der Waals surface area (Å²) < 4.78 is 5.28. The van der Waals surface area contributed by atoms with Crippen molar-refractivity contribution in [2.75, 3.05) is 20.7 Å². The van der Waals surface area contributed by atoms with Crippen LogP contribution in [0, 0.1) is 0 Å². The molecule has 0 fully saturated rings. The SMILES string of the molecule is CCN(C)[C@@H]1Cc2ccc(OC)cc2C(C)(C)C1=O. The fourth-order valence-electron chi connectivity index (χ4n) is 2.87. The predicted octanol–water partition coefficient (Wildman–Crippen LogP) is 2.42. The molecule has 0 N–H and O–H groups in total. The average Bonchev–Trinajstić information content (AvgIpc) is 2.42. The van der Waals surface area contributed by atoms with Crippen LogP contribution in [0.25, 0.3) is 0 Å². The van der Waals surface area contributed by atoms with Crippen molar-refractivity contribution >= 4 is 5.78 Å². The van der Waals surface area contributed by atoms with Gasteiger partial charge in [0.05, 0.1) is 18.6 Å². The largest absolute Gasteiger partial charge is 0.497 e. The first kappa shape index (κ1) is 14.1. The van der Waals surface area contributed by atoms with Gasteiger partial charge in [0.1, 0.15) is 5.75 Å². The maximum atomic E-state index is 12.7. The molecule has 0 unspecified atom stereocenters. The van der Waals surface area contributed by atoms with Crippen LogP contribution in [0.1, 0.15) is 31.9 Å². The molecule has 0 heterocycles. The van der Waals surface area contributed by atoms with Gasteiger partial charge in [0.25, 0.3) is 0 Å². The van der Waals surface area contributed by atoms with E-state index < -0.39 is 5.41 Å². The predicted molar refractivity (Wildman–Crippen MR) is 76.8 cm³/mol. The number of benzene rings is 1. The van der Waals surface area contributed by atoms with Crippen LogP contribution in [0.15, 0.2) is 18.2 Å². The number of hydrogen-bond acceptors (Lipinski definition) is 3. The summed E-state index contributed by atoms with van der Waals surface area (Å²) in [6, 6.07) is 6.07. The van der Waals surface area contributed by atoms with E-state index >= 15 is 0 Å². The number of methoxy groups -OCH3 is 1. The molecule has 0 bridgehead atoms. The Morgan fingerprint density at radius 1 is 1.42 bits per heavy atom. The Hall–Kier alpha value is -1.35. The summed E-state index contributed by atoms with van der Waals surface area (Å²) in [6.07, 6.45) is 0.798. The Kier molecular flexibility index (Phi) is 3.68. The van der Waals surface area contributed by atoms with Gasteiger partial charge in [-0.2, -0.15) is 0 Å². The molecule has 3 nitrogen and oxygen atoms in total. The molecule has 19 heavy (non-hydrogen) atoms. The van der Waals surface area contributed by atoms with Crippen molar-refractivity contribution in [1.82, 2.24) is 4.90 Å². The van der Waals surface area contributed by atoms with Gasteiger partial charge in [0.15, 0.2) is 5.78 Å². The molecule has 0 saturated heterocycles. The standard InChI is InChI=1S/C16H23NO2/c1-6-17(4)14-9-11-7-8-12(19-5)10-13(11)16(2,3)15(14)18/h7-8,10,14H,6,9H2,1-5H3/t14-/m1/s1. The average molecular weight is 261 g/mol. The third kappa shape index (κ3) is 2.27. The van der Waals surface area contributed by atoms with Crippen molar-refractivity contribution < 1.29 is 9.53 Å². The van der Waals surface area contributed by atoms with Crippen LogP contribution in [0.2, 0.25) is 0 Å². The Morgan fingerprint density at radius 2 is 2.11 bits per heavy atom. The third-order valence-corrected chi connectivity index (χ3v) is 4.35. The van der Waals surface area contributed by atoms with Crippen LogP contribution in [-0.4, -0.2) is 37.4 Å². The number of nitrogens with zero attached hydrogens (tertiary/aromatic N) is 1. The molecular weight excluding hydrogens is 238 g/mol. The van der Waals surface area contributed by atoms with E-state index in [4.69, 9.17) is 4.74 Å². The molecule has 104 valence electrons. The molecule has 0 radical (unpaired) electrons. The molecule has 1 aromatic carbocycles. The summed E-state index contributed by atoms with van der Waals surface area (Å²) in [5, 5.41) is 0. The summed E-state index contributed by atoms with van der Waals surface area (Å²) in [5.74, 6) is 1.12. The summed E-state index contributed by atoms with van der Waals surface area (Å²) in [4.78, 5) is 14.9. The van der Waals surface area contributed by atoms with E-state index in [0.29, 0.717) is 5.78 Å². The number of likely N-dealkylation sites (N-methyl/N-ethyl adjacent to an activating group) is 1. The summed E-state index contributed by atoms with van der Waals surface area (Å²) in [5.41, 5.74) is 1.92. The number of hydrogen-bond donors (Lipinski definition) is 0. The topological polar surface area (TPSA) is 29.5 Å². The van der Waals surface area contributed by atoms with Crippen molar-refractivity contribution in [3.63, 3.8) is 0 Å². The molecule has 1 aliphatic carbocycles. The van der Waals surface area contributed by atoms with Gasteiger partial charge in [-0.05, 0) is 57.1 Å². The second-order valence-corrected chi connectivity index (χ2v) is 5.81. The maximum absolute atomic E-state index is 12.7. The first-order valence-corrected chi connectivity index (χ1v) is 6.83. The van der Waals surface area contributed by atoms with Crippen molar-refractivity contribution in [2.45, 2.75) is 38.6 Å². The lowest BCUT2D eigenvalue weighted by Crippen LogP contribution is -2.51. The normalized spacial score (nSPS) is 21.4. The Bertz CT molecular complexity index is 494. The van der Waals surface area contributed by atoms with Gasteiger partial charge in [0.2, 0.25) is 0 Å². The molecule has 2 rings (SSSR count). The highest BCUT2D eigenvalue weighted by molar-refractivity contribution is 5.96. The quantitative estimate of drug-likeness (QED) is 0.837. The zero-order valence-corrected chi connectivity index (χ0v) is 12.5. The summed E-state index contributed by atoms with van der Waals surface area (Å²) in [6.45, 7) is 7.01. The van der Waals surface area contributed by atoms with E-state index in [1.165, 1.54) is 5.56 Å². The highest BCUT2D eigenvalue weighted by Crippen LogP contribution is 2.37. The van der Waals surface area contributed by atoms with Crippen LogP contribution in [0.3, 0.4) is 0 Å². The van der Waals surface area contributed by atoms with E-state index in [0.717, 1.165) is 24.3 Å².